The summed E-state index contributed by atoms with van der Waals surface area (Å²) in [6.45, 7) is 0.895. The van der Waals surface area contributed by atoms with Gasteiger partial charge in [0.2, 0.25) is 10.0 Å². The van der Waals surface area contributed by atoms with Crippen LogP contribution in [-0.2, 0) is 10.0 Å². The lowest BCUT2D eigenvalue weighted by atomic mass is 9.94. The van der Waals surface area contributed by atoms with Gasteiger partial charge in [0, 0.05) is 12.6 Å². The molecule has 0 amide bonds. The van der Waals surface area contributed by atoms with Gasteiger partial charge in [0.25, 0.3) is 5.69 Å². The summed E-state index contributed by atoms with van der Waals surface area (Å²) in [5.41, 5.74) is -1.98. The van der Waals surface area contributed by atoms with Crippen molar-refractivity contribution >= 4 is 32.4 Å². The number of H-pyrrole nitrogens is 1. The zero-order chi connectivity index (χ0) is 18.2. The number of nitrogens with one attached hydrogen (secondary N) is 3. The van der Waals surface area contributed by atoms with E-state index in [1.165, 1.54) is 6.33 Å². The Morgan fingerprint density at radius 3 is 2.72 bits per heavy atom. The van der Waals surface area contributed by atoms with Gasteiger partial charge in [-0.15, -0.1) is 0 Å². The highest BCUT2D eigenvalue weighted by molar-refractivity contribution is 7.89. The summed E-state index contributed by atoms with van der Waals surface area (Å²) in [6, 6.07) is 0.841. The SMILES string of the molecule is NS(=O)(=O)c1cc([N+](=O)[O-])c(NCC2(F)CCNCC2)c2[nH]cnc12. The van der Waals surface area contributed by atoms with Crippen LogP contribution in [0.1, 0.15) is 12.8 Å². The van der Waals surface area contributed by atoms with E-state index in [0.29, 0.717) is 13.1 Å². The summed E-state index contributed by atoms with van der Waals surface area (Å²) in [4.78, 5) is 16.7. The molecule has 2 heterocycles. The number of halogens is 1. The number of aromatic nitrogens is 2. The van der Waals surface area contributed by atoms with E-state index in [0.717, 1.165) is 6.07 Å². The first-order valence-electron chi connectivity index (χ1n) is 7.52. The van der Waals surface area contributed by atoms with Gasteiger partial charge in [-0.05, 0) is 25.9 Å². The van der Waals surface area contributed by atoms with Gasteiger partial charge >= 0.3 is 0 Å². The van der Waals surface area contributed by atoms with Gasteiger partial charge in [0.1, 0.15) is 21.8 Å². The zero-order valence-corrected chi connectivity index (χ0v) is 13.9. The Labute approximate surface area is 142 Å². The number of nitro benzene ring substituents is 1. The van der Waals surface area contributed by atoms with Crippen LogP contribution in [-0.4, -0.2) is 48.6 Å². The number of nitrogens with zero attached hydrogens (tertiary/aromatic N) is 2. The largest absolute Gasteiger partial charge is 0.374 e. The molecule has 1 aliphatic rings. The van der Waals surface area contributed by atoms with Crippen molar-refractivity contribution < 1.29 is 17.7 Å². The molecule has 0 unspecified atom stereocenters. The van der Waals surface area contributed by atoms with Crippen molar-refractivity contribution in [2.24, 2.45) is 5.14 Å². The lowest BCUT2D eigenvalue weighted by Crippen LogP contribution is -2.43. The molecule has 2 aromatic rings. The number of fused-ring (bicyclic) bond motifs is 1. The predicted octanol–water partition coefficient (Wildman–Crippen LogP) is 0.622. The number of nitro groups is 1. The second kappa shape index (κ2) is 6.20. The fraction of sp³-hybridized carbons (Fsp3) is 0.462. The summed E-state index contributed by atoms with van der Waals surface area (Å²) in [6.07, 6.45) is 1.74. The van der Waals surface area contributed by atoms with Crippen LogP contribution in [0.2, 0.25) is 0 Å². The van der Waals surface area contributed by atoms with Crippen LogP contribution in [0.25, 0.3) is 11.0 Å². The van der Waals surface area contributed by atoms with E-state index in [1.807, 2.05) is 0 Å². The van der Waals surface area contributed by atoms with Crippen molar-refractivity contribution in [3.05, 3.63) is 22.5 Å². The maximum Gasteiger partial charge on any atom is 0.296 e. The highest BCUT2D eigenvalue weighted by Crippen LogP contribution is 2.36. The van der Waals surface area contributed by atoms with Crippen LogP contribution in [0.3, 0.4) is 0 Å². The molecule has 1 fully saturated rings. The Morgan fingerprint density at radius 1 is 1.44 bits per heavy atom. The number of nitrogens with two attached hydrogens (primary N) is 1. The van der Waals surface area contributed by atoms with E-state index in [9.17, 15) is 22.9 Å². The maximum atomic E-state index is 14.8. The van der Waals surface area contributed by atoms with E-state index < -0.39 is 31.2 Å². The Balaban J connectivity index is 2.06. The number of alkyl halides is 1. The normalized spacial score (nSPS) is 17.5. The van der Waals surface area contributed by atoms with Crippen LogP contribution < -0.4 is 15.8 Å². The summed E-state index contributed by atoms with van der Waals surface area (Å²) < 4.78 is 38.2. The first-order chi connectivity index (χ1) is 11.7. The quantitative estimate of drug-likeness (QED) is 0.443. The summed E-state index contributed by atoms with van der Waals surface area (Å²) in [7, 11) is -4.22. The number of aromatic amines is 1. The average molecular weight is 372 g/mol. The van der Waals surface area contributed by atoms with Gasteiger partial charge in [0.05, 0.1) is 16.8 Å². The van der Waals surface area contributed by atoms with Gasteiger partial charge in [-0.3, -0.25) is 10.1 Å². The third-order valence-corrected chi connectivity index (χ3v) is 5.16. The van der Waals surface area contributed by atoms with E-state index in [-0.39, 0.29) is 36.1 Å². The van der Waals surface area contributed by atoms with Crippen molar-refractivity contribution in [3.63, 3.8) is 0 Å². The highest BCUT2D eigenvalue weighted by Gasteiger charge is 2.33. The molecule has 0 radical (unpaired) electrons. The third kappa shape index (κ3) is 3.41. The van der Waals surface area contributed by atoms with Crippen molar-refractivity contribution in [1.82, 2.24) is 15.3 Å². The molecule has 1 aliphatic heterocycles. The molecule has 0 atom stereocenters. The van der Waals surface area contributed by atoms with Crippen LogP contribution in [0.4, 0.5) is 15.8 Å². The van der Waals surface area contributed by atoms with E-state index in [1.54, 1.807) is 0 Å². The molecule has 1 saturated heterocycles. The first kappa shape index (κ1) is 17.5. The van der Waals surface area contributed by atoms with Crippen molar-refractivity contribution in [1.29, 1.82) is 0 Å². The number of imidazole rings is 1. The second-order valence-electron chi connectivity index (χ2n) is 5.95. The minimum Gasteiger partial charge on any atom is -0.374 e. The first-order valence-corrected chi connectivity index (χ1v) is 9.07. The lowest BCUT2D eigenvalue weighted by Gasteiger charge is -2.30. The van der Waals surface area contributed by atoms with Crippen LogP contribution in [0.5, 0.6) is 0 Å². The average Bonchev–Trinajstić information content (AvgIpc) is 3.00. The molecule has 0 aliphatic carbocycles. The monoisotopic (exact) mass is 372 g/mol. The predicted molar refractivity (Wildman–Crippen MR) is 88.6 cm³/mol. The standard InChI is InChI=1S/C13H17FN6O4S/c14-13(1-3-16-4-2-13)6-17-10-8(20(21)22)5-9(25(15,23)24)11-12(10)19-7-18-11/h5,7,16-17H,1-4,6H2,(H,18,19)(H2,15,23,24). The van der Waals surface area contributed by atoms with Gasteiger partial charge in [0.15, 0.2) is 0 Å². The third-order valence-electron chi connectivity index (χ3n) is 4.23. The number of benzene rings is 1. The van der Waals surface area contributed by atoms with Crippen LogP contribution >= 0.6 is 0 Å². The number of hydrogen-bond donors (Lipinski definition) is 4. The van der Waals surface area contributed by atoms with Gasteiger partial charge in [-0.2, -0.15) is 0 Å². The number of primary sulfonamides is 1. The van der Waals surface area contributed by atoms with Crippen molar-refractivity contribution in [2.75, 3.05) is 25.0 Å². The van der Waals surface area contributed by atoms with E-state index in [2.05, 4.69) is 20.6 Å². The van der Waals surface area contributed by atoms with Gasteiger partial charge in [-0.1, -0.05) is 0 Å². The smallest absolute Gasteiger partial charge is 0.296 e. The minimum atomic E-state index is -4.22. The van der Waals surface area contributed by atoms with Crippen LogP contribution in [0, 0.1) is 10.1 Å². The summed E-state index contributed by atoms with van der Waals surface area (Å²) in [5, 5.41) is 22.3. The Kier molecular flexibility index (Phi) is 4.34. The number of anilines is 1. The molecule has 0 spiro atoms. The fourth-order valence-corrected chi connectivity index (χ4v) is 3.60. The van der Waals surface area contributed by atoms with E-state index >= 15 is 0 Å². The molecule has 5 N–H and O–H groups in total. The Bertz CT molecular complexity index is 922. The molecule has 12 heteroatoms. The van der Waals surface area contributed by atoms with E-state index in [4.69, 9.17) is 5.14 Å². The molecular formula is C13H17FN6O4S. The Hall–Kier alpha value is -2.31. The summed E-state index contributed by atoms with van der Waals surface area (Å²) in [5.74, 6) is 0. The maximum absolute atomic E-state index is 14.8. The van der Waals surface area contributed by atoms with Gasteiger partial charge in [-0.25, -0.2) is 22.9 Å². The molecule has 1 aromatic carbocycles. The number of sulfonamides is 1. The topological polar surface area (TPSA) is 156 Å². The lowest BCUT2D eigenvalue weighted by molar-refractivity contribution is -0.384. The van der Waals surface area contributed by atoms with Crippen molar-refractivity contribution in [3.8, 4) is 0 Å². The number of piperidine rings is 1. The highest BCUT2D eigenvalue weighted by atomic mass is 32.2. The molecular weight excluding hydrogens is 355 g/mol. The van der Waals surface area contributed by atoms with Gasteiger partial charge < -0.3 is 15.6 Å². The molecule has 3 rings (SSSR count). The zero-order valence-electron chi connectivity index (χ0n) is 13.1. The number of hydrogen-bond acceptors (Lipinski definition) is 7. The second-order valence-corrected chi connectivity index (χ2v) is 7.48. The minimum absolute atomic E-state index is 0.0135. The molecule has 0 saturated carbocycles. The van der Waals surface area contributed by atoms with Crippen molar-refractivity contribution in [2.45, 2.75) is 23.4 Å². The molecule has 136 valence electrons. The molecule has 0 bridgehead atoms. The Morgan fingerprint density at radius 2 is 2.12 bits per heavy atom. The number of rotatable bonds is 5. The molecule has 25 heavy (non-hydrogen) atoms. The summed E-state index contributed by atoms with van der Waals surface area (Å²) >= 11 is 0. The fourth-order valence-electron chi connectivity index (χ4n) is 2.90. The van der Waals surface area contributed by atoms with Crippen LogP contribution in [0.15, 0.2) is 17.3 Å². The molecule has 10 nitrogen and oxygen atoms in total. The molecule has 1 aromatic heterocycles.